The SMILES string of the molecule is CCCNC(C)(CSc1nc(C)cc(=O)[nH]1)C(=O)OC. The average molecular weight is 299 g/mol. The summed E-state index contributed by atoms with van der Waals surface area (Å²) in [7, 11) is 1.37. The number of aryl methyl sites for hydroxylation is 1. The van der Waals surface area contributed by atoms with E-state index in [9.17, 15) is 9.59 Å². The zero-order valence-corrected chi connectivity index (χ0v) is 13.1. The molecule has 1 atom stereocenters. The second-order valence-electron chi connectivity index (χ2n) is 4.73. The summed E-state index contributed by atoms with van der Waals surface area (Å²) in [6.45, 7) is 6.28. The summed E-state index contributed by atoms with van der Waals surface area (Å²) in [5, 5.41) is 3.68. The van der Waals surface area contributed by atoms with Crippen LogP contribution in [0.1, 0.15) is 26.0 Å². The van der Waals surface area contributed by atoms with Gasteiger partial charge in [-0.25, -0.2) is 4.98 Å². The van der Waals surface area contributed by atoms with Crippen molar-refractivity contribution in [1.29, 1.82) is 0 Å². The van der Waals surface area contributed by atoms with Crippen LogP contribution < -0.4 is 10.9 Å². The fourth-order valence-electron chi connectivity index (χ4n) is 1.64. The van der Waals surface area contributed by atoms with Crippen LogP contribution in [-0.2, 0) is 9.53 Å². The molecule has 0 saturated heterocycles. The third kappa shape index (κ3) is 4.64. The topological polar surface area (TPSA) is 84.1 Å². The summed E-state index contributed by atoms with van der Waals surface area (Å²) in [5.41, 5.74) is -0.351. The van der Waals surface area contributed by atoms with Crippen LogP contribution in [0, 0.1) is 6.92 Å². The maximum Gasteiger partial charge on any atom is 0.326 e. The first-order chi connectivity index (χ1) is 9.41. The normalized spacial score (nSPS) is 13.8. The van der Waals surface area contributed by atoms with Gasteiger partial charge in [0.1, 0.15) is 5.54 Å². The number of nitrogens with one attached hydrogen (secondary N) is 2. The van der Waals surface area contributed by atoms with Crippen LogP contribution in [0.25, 0.3) is 0 Å². The van der Waals surface area contributed by atoms with Crippen molar-refractivity contribution in [3.63, 3.8) is 0 Å². The van der Waals surface area contributed by atoms with E-state index in [0.717, 1.165) is 6.42 Å². The van der Waals surface area contributed by atoms with E-state index in [1.54, 1.807) is 13.8 Å². The van der Waals surface area contributed by atoms with E-state index in [1.807, 2.05) is 6.92 Å². The lowest BCUT2D eigenvalue weighted by molar-refractivity contribution is -0.146. The Bertz CT molecular complexity index is 518. The van der Waals surface area contributed by atoms with Crippen LogP contribution in [-0.4, -0.2) is 40.9 Å². The van der Waals surface area contributed by atoms with Crippen molar-refractivity contribution in [3.8, 4) is 0 Å². The highest BCUT2D eigenvalue weighted by Gasteiger charge is 2.34. The standard InChI is InChI=1S/C13H21N3O3S/c1-5-6-14-13(3,11(18)19-4)8-20-12-15-9(2)7-10(17)16-12/h7,14H,5-6,8H2,1-4H3,(H,15,16,17). The quantitative estimate of drug-likeness (QED) is 0.446. The monoisotopic (exact) mass is 299 g/mol. The van der Waals surface area contributed by atoms with E-state index in [0.29, 0.717) is 23.1 Å². The van der Waals surface area contributed by atoms with Gasteiger partial charge in [-0.1, -0.05) is 18.7 Å². The molecule has 2 N–H and O–H groups in total. The lowest BCUT2D eigenvalue weighted by Crippen LogP contribution is -2.52. The number of rotatable bonds is 7. The highest BCUT2D eigenvalue weighted by molar-refractivity contribution is 7.99. The van der Waals surface area contributed by atoms with Crippen molar-refractivity contribution in [2.45, 2.75) is 37.9 Å². The molecule has 0 radical (unpaired) electrons. The number of H-pyrrole nitrogens is 1. The van der Waals surface area contributed by atoms with Crippen LogP contribution in [0.4, 0.5) is 0 Å². The molecule has 1 unspecified atom stereocenters. The number of ether oxygens (including phenoxy) is 1. The van der Waals surface area contributed by atoms with Gasteiger partial charge in [0, 0.05) is 17.5 Å². The summed E-state index contributed by atoms with van der Waals surface area (Å²) in [5.74, 6) is 0.0972. The number of esters is 1. The molecule has 20 heavy (non-hydrogen) atoms. The smallest absolute Gasteiger partial charge is 0.326 e. The molecule has 7 heteroatoms. The molecule has 0 aliphatic rings. The maximum absolute atomic E-state index is 11.9. The van der Waals surface area contributed by atoms with Crippen LogP contribution in [0.2, 0.25) is 0 Å². The van der Waals surface area contributed by atoms with Gasteiger partial charge in [-0.15, -0.1) is 0 Å². The number of nitrogens with zero attached hydrogens (tertiary/aromatic N) is 1. The third-order valence-corrected chi connectivity index (χ3v) is 3.94. The van der Waals surface area contributed by atoms with E-state index < -0.39 is 5.54 Å². The van der Waals surface area contributed by atoms with Gasteiger partial charge in [0.25, 0.3) is 5.56 Å². The number of methoxy groups -OCH3 is 1. The van der Waals surface area contributed by atoms with E-state index in [4.69, 9.17) is 4.74 Å². The lowest BCUT2D eigenvalue weighted by Gasteiger charge is -2.27. The van der Waals surface area contributed by atoms with Crippen molar-refractivity contribution in [2.24, 2.45) is 0 Å². The minimum absolute atomic E-state index is 0.193. The number of aromatic nitrogens is 2. The molecule has 1 heterocycles. The third-order valence-electron chi connectivity index (χ3n) is 2.75. The Morgan fingerprint density at radius 2 is 2.30 bits per heavy atom. The molecule has 0 aliphatic carbocycles. The van der Waals surface area contributed by atoms with Crippen molar-refractivity contribution in [3.05, 3.63) is 22.1 Å². The minimum atomic E-state index is -0.808. The Morgan fingerprint density at radius 3 is 2.85 bits per heavy atom. The molecule has 1 aromatic heterocycles. The van der Waals surface area contributed by atoms with Crippen molar-refractivity contribution < 1.29 is 9.53 Å². The second kappa shape index (κ2) is 7.44. The zero-order valence-electron chi connectivity index (χ0n) is 12.3. The van der Waals surface area contributed by atoms with Gasteiger partial charge in [0.15, 0.2) is 5.16 Å². The Balaban J connectivity index is 2.80. The Kier molecular flexibility index (Phi) is 6.22. The number of hydrogen-bond acceptors (Lipinski definition) is 6. The molecular weight excluding hydrogens is 278 g/mol. The van der Waals surface area contributed by atoms with Crippen LogP contribution in [0.3, 0.4) is 0 Å². The number of aromatic amines is 1. The average Bonchev–Trinajstić information content (AvgIpc) is 2.41. The van der Waals surface area contributed by atoms with Gasteiger partial charge in [0.2, 0.25) is 0 Å². The van der Waals surface area contributed by atoms with Gasteiger partial charge in [0.05, 0.1) is 7.11 Å². The van der Waals surface area contributed by atoms with Gasteiger partial charge < -0.3 is 15.0 Å². The molecule has 1 rings (SSSR count). The lowest BCUT2D eigenvalue weighted by atomic mass is 10.1. The highest BCUT2D eigenvalue weighted by Crippen LogP contribution is 2.20. The summed E-state index contributed by atoms with van der Waals surface area (Å²) >= 11 is 1.32. The minimum Gasteiger partial charge on any atom is -0.468 e. The number of thioether (sulfide) groups is 1. The molecule has 6 nitrogen and oxygen atoms in total. The van der Waals surface area contributed by atoms with Gasteiger partial charge in [-0.05, 0) is 26.8 Å². The summed E-state index contributed by atoms with van der Waals surface area (Å²) < 4.78 is 4.84. The fourth-order valence-corrected chi connectivity index (χ4v) is 2.67. The molecular formula is C13H21N3O3S. The van der Waals surface area contributed by atoms with E-state index in [1.165, 1.54) is 24.9 Å². The molecule has 0 fully saturated rings. The summed E-state index contributed by atoms with van der Waals surface area (Å²) in [6, 6.07) is 1.43. The first-order valence-corrected chi connectivity index (χ1v) is 7.44. The predicted molar refractivity (Wildman–Crippen MR) is 79.0 cm³/mol. The molecule has 0 spiro atoms. The molecule has 1 aromatic rings. The van der Waals surface area contributed by atoms with Crippen LogP contribution in [0.5, 0.6) is 0 Å². The van der Waals surface area contributed by atoms with Crippen LogP contribution >= 0.6 is 11.8 Å². The molecule has 0 aliphatic heterocycles. The van der Waals surface area contributed by atoms with Crippen LogP contribution in [0.15, 0.2) is 16.0 Å². The van der Waals surface area contributed by atoms with Gasteiger partial charge in [-0.2, -0.15) is 0 Å². The second-order valence-corrected chi connectivity index (χ2v) is 5.70. The highest BCUT2D eigenvalue weighted by atomic mass is 32.2. The number of carbonyl (C=O) groups is 1. The fraction of sp³-hybridized carbons (Fsp3) is 0.615. The summed E-state index contributed by atoms with van der Waals surface area (Å²) in [6.07, 6.45) is 0.913. The van der Waals surface area contributed by atoms with Gasteiger partial charge in [-0.3, -0.25) is 9.59 Å². The molecule has 0 bridgehead atoms. The molecule has 0 amide bonds. The summed E-state index contributed by atoms with van der Waals surface area (Å²) in [4.78, 5) is 30.2. The van der Waals surface area contributed by atoms with Crippen molar-refractivity contribution >= 4 is 17.7 Å². The molecule has 112 valence electrons. The van der Waals surface area contributed by atoms with Crippen molar-refractivity contribution in [1.82, 2.24) is 15.3 Å². The largest absolute Gasteiger partial charge is 0.468 e. The molecule has 0 saturated carbocycles. The van der Waals surface area contributed by atoms with E-state index >= 15 is 0 Å². The number of hydrogen-bond donors (Lipinski definition) is 2. The van der Waals surface area contributed by atoms with Crippen molar-refractivity contribution in [2.75, 3.05) is 19.4 Å². The zero-order chi connectivity index (χ0) is 15.2. The Labute approximate surface area is 122 Å². The first-order valence-electron chi connectivity index (χ1n) is 6.45. The van der Waals surface area contributed by atoms with E-state index in [2.05, 4.69) is 15.3 Å². The number of carbonyl (C=O) groups excluding carboxylic acids is 1. The maximum atomic E-state index is 11.9. The van der Waals surface area contributed by atoms with E-state index in [-0.39, 0.29) is 11.5 Å². The predicted octanol–water partition coefficient (Wildman–Crippen LogP) is 1.10. The Hall–Kier alpha value is -1.34. The Morgan fingerprint density at radius 1 is 1.60 bits per heavy atom. The van der Waals surface area contributed by atoms with Gasteiger partial charge >= 0.3 is 5.97 Å². The first kappa shape index (κ1) is 16.7. The molecule has 0 aromatic carbocycles.